The van der Waals surface area contributed by atoms with Crippen molar-refractivity contribution in [3.8, 4) is 0 Å². The number of carbonyl (C=O) groups excluding carboxylic acids is 1. The second-order valence-corrected chi connectivity index (χ2v) is 4.99. The average Bonchev–Trinajstić information content (AvgIpc) is 2.26. The number of benzene rings is 1. The molecule has 0 saturated carbocycles. The van der Waals surface area contributed by atoms with Crippen LogP contribution in [0.15, 0.2) is 29.3 Å². The number of anilines is 2. The van der Waals surface area contributed by atoms with Crippen molar-refractivity contribution in [3.05, 3.63) is 34.8 Å². The second-order valence-electron chi connectivity index (χ2n) is 3.87. The quantitative estimate of drug-likeness (QED) is 0.839. The van der Waals surface area contributed by atoms with Crippen LogP contribution in [0.25, 0.3) is 0 Å². The first-order valence-corrected chi connectivity index (χ1v) is 5.89. The van der Waals surface area contributed by atoms with Crippen molar-refractivity contribution in [1.82, 2.24) is 4.90 Å². The molecule has 1 rings (SSSR count). The van der Waals surface area contributed by atoms with Crippen LogP contribution in [0.4, 0.5) is 11.4 Å². The van der Waals surface area contributed by atoms with Gasteiger partial charge in [-0.25, -0.2) is 0 Å². The molecule has 92 valence electrons. The van der Waals surface area contributed by atoms with Crippen LogP contribution in [0.3, 0.4) is 0 Å². The number of hydrogen-bond acceptors (Lipinski definition) is 3. The molecular formula is C12H16BrN3O. The minimum Gasteiger partial charge on any atom is -0.397 e. The van der Waals surface area contributed by atoms with Gasteiger partial charge in [0.1, 0.15) is 0 Å². The Labute approximate surface area is 110 Å². The van der Waals surface area contributed by atoms with Gasteiger partial charge in [0.25, 0.3) is 5.91 Å². The Hall–Kier alpha value is -1.49. The van der Waals surface area contributed by atoms with Crippen LogP contribution in [0.2, 0.25) is 0 Å². The Balaban J connectivity index is 2.86. The molecule has 17 heavy (non-hydrogen) atoms. The molecule has 0 aliphatic carbocycles. The maximum absolute atomic E-state index is 11.7. The van der Waals surface area contributed by atoms with Crippen molar-refractivity contribution < 1.29 is 4.79 Å². The third kappa shape index (κ3) is 3.78. The van der Waals surface area contributed by atoms with Gasteiger partial charge in [-0.15, -0.1) is 0 Å². The summed E-state index contributed by atoms with van der Waals surface area (Å²) in [6, 6.07) is 5.21. The predicted octanol–water partition coefficient (Wildman–Crippen LogP) is 2.29. The van der Waals surface area contributed by atoms with Gasteiger partial charge in [0.2, 0.25) is 0 Å². The number of nitrogens with two attached hydrogens (primary N) is 1. The summed E-state index contributed by atoms with van der Waals surface area (Å²) in [5.74, 6) is -0.0619. The SMILES string of the molecule is C=C(Br)CNc1ccc(C(=O)N(C)C)cc1N. The molecule has 0 bridgehead atoms. The van der Waals surface area contributed by atoms with Crippen molar-refractivity contribution in [2.45, 2.75) is 0 Å². The minimum absolute atomic E-state index is 0.0619. The summed E-state index contributed by atoms with van der Waals surface area (Å²) in [5, 5.41) is 3.11. The number of carbonyl (C=O) groups is 1. The van der Waals surface area contributed by atoms with Gasteiger partial charge >= 0.3 is 0 Å². The van der Waals surface area contributed by atoms with E-state index < -0.39 is 0 Å². The summed E-state index contributed by atoms with van der Waals surface area (Å²) in [7, 11) is 3.42. The summed E-state index contributed by atoms with van der Waals surface area (Å²) < 4.78 is 0.838. The van der Waals surface area contributed by atoms with Crippen molar-refractivity contribution >= 4 is 33.2 Å². The van der Waals surface area contributed by atoms with Gasteiger partial charge in [0.05, 0.1) is 11.4 Å². The lowest BCUT2D eigenvalue weighted by atomic mass is 10.1. The molecule has 3 N–H and O–H groups in total. The number of rotatable bonds is 4. The van der Waals surface area contributed by atoms with Crippen LogP contribution in [-0.2, 0) is 0 Å². The second kappa shape index (κ2) is 5.72. The third-order valence-corrected chi connectivity index (χ3v) is 2.46. The van der Waals surface area contributed by atoms with E-state index in [4.69, 9.17) is 5.73 Å². The first-order valence-electron chi connectivity index (χ1n) is 5.10. The molecule has 0 saturated heterocycles. The van der Waals surface area contributed by atoms with E-state index in [-0.39, 0.29) is 5.91 Å². The molecule has 0 aliphatic heterocycles. The van der Waals surface area contributed by atoms with E-state index in [1.54, 1.807) is 32.3 Å². The molecule has 0 aliphatic rings. The minimum atomic E-state index is -0.0619. The maximum Gasteiger partial charge on any atom is 0.253 e. The first-order chi connectivity index (χ1) is 7.91. The standard InChI is InChI=1S/C12H16BrN3O/c1-8(13)7-15-11-5-4-9(6-10(11)14)12(17)16(2)3/h4-6,15H,1,7,14H2,2-3H3. The summed E-state index contributed by atoms with van der Waals surface area (Å²) in [4.78, 5) is 13.2. The Morgan fingerprint density at radius 2 is 2.18 bits per heavy atom. The molecule has 1 aromatic carbocycles. The molecule has 0 aromatic heterocycles. The van der Waals surface area contributed by atoms with Gasteiger partial charge in [0.15, 0.2) is 0 Å². The van der Waals surface area contributed by atoms with E-state index in [1.807, 2.05) is 0 Å². The average molecular weight is 298 g/mol. The van der Waals surface area contributed by atoms with E-state index in [0.29, 0.717) is 17.8 Å². The normalized spacial score (nSPS) is 9.82. The number of hydrogen-bond donors (Lipinski definition) is 2. The Kier molecular flexibility index (Phi) is 4.57. The van der Waals surface area contributed by atoms with Gasteiger partial charge in [-0.2, -0.15) is 0 Å². The number of nitrogens with one attached hydrogen (secondary N) is 1. The fourth-order valence-electron chi connectivity index (χ4n) is 1.31. The number of amides is 1. The lowest BCUT2D eigenvalue weighted by Gasteiger charge is -2.13. The smallest absolute Gasteiger partial charge is 0.253 e. The van der Waals surface area contributed by atoms with Crippen molar-refractivity contribution in [2.24, 2.45) is 0 Å². The zero-order valence-electron chi connectivity index (χ0n) is 9.96. The largest absolute Gasteiger partial charge is 0.397 e. The van der Waals surface area contributed by atoms with E-state index in [1.165, 1.54) is 4.90 Å². The molecule has 0 fully saturated rings. The molecule has 0 spiro atoms. The lowest BCUT2D eigenvalue weighted by Crippen LogP contribution is -2.21. The summed E-state index contributed by atoms with van der Waals surface area (Å²) in [6.07, 6.45) is 0. The molecule has 0 heterocycles. The monoisotopic (exact) mass is 297 g/mol. The molecule has 1 amide bonds. The van der Waals surface area contributed by atoms with Crippen molar-refractivity contribution in [1.29, 1.82) is 0 Å². The topological polar surface area (TPSA) is 58.4 Å². The number of nitrogens with zero attached hydrogens (tertiary/aromatic N) is 1. The van der Waals surface area contributed by atoms with Crippen molar-refractivity contribution in [2.75, 3.05) is 31.7 Å². The maximum atomic E-state index is 11.7. The number of nitrogen functional groups attached to an aromatic ring is 1. The molecule has 0 radical (unpaired) electrons. The summed E-state index contributed by atoms with van der Waals surface area (Å²) in [5.41, 5.74) is 7.79. The Morgan fingerprint density at radius 1 is 1.53 bits per heavy atom. The van der Waals surface area contributed by atoms with E-state index >= 15 is 0 Å². The van der Waals surface area contributed by atoms with Crippen LogP contribution in [0.1, 0.15) is 10.4 Å². The molecule has 4 nitrogen and oxygen atoms in total. The predicted molar refractivity (Wildman–Crippen MR) is 75.4 cm³/mol. The van der Waals surface area contributed by atoms with Gasteiger partial charge < -0.3 is 16.0 Å². The summed E-state index contributed by atoms with van der Waals surface area (Å²) in [6.45, 7) is 4.31. The molecule has 0 atom stereocenters. The Morgan fingerprint density at radius 3 is 2.65 bits per heavy atom. The van der Waals surface area contributed by atoms with Crippen LogP contribution < -0.4 is 11.1 Å². The van der Waals surface area contributed by atoms with Gasteiger partial charge in [-0.1, -0.05) is 22.5 Å². The zero-order valence-corrected chi connectivity index (χ0v) is 11.5. The highest BCUT2D eigenvalue weighted by molar-refractivity contribution is 9.11. The van der Waals surface area contributed by atoms with Crippen LogP contribution in [0.5, 0.6) is 0 Å². The van der Waals surface area contributed by atoms with E-state index in [2.05, 4.69) is 27.8 Å². The molecule has 0 unspecified atom stereocenters. The first kappa shape index (κ1) is 13.6. The molecule has 1 aromatic rings. The number of halogens is 1. The van der Waals surface area contributed by atoms with E-state index in [9.17, 15) is 4.79 Å². The molecule has 5 heteroatoms. The van der Waals surface area contributed by atoms with Gasteiger partial charge in [-0.05, 0) is 18.2 Å². The lowest BCUT2D eigenvalue weighted by molar-refractivity contribution is 0.0827. The highest BCUT2D eigenvalue weighted by Gasteiger charge is 2.09. The van der Waals surface area contributed by atoms with Gasteiger partial charge in [-0.3, -0.25) is 4.79 Å². The third-order valence-electron chi connectivity index (χ3n) is 2.18. The van der Waals surface area contributed by atoms with Crippen molar-refractivity contribution in [3.63, 3.8) is 0 Å². The van der Waals surface area contributed by atoms with Crippen LogP contribution >= 0.6 is 15.9 Å². The van der Waals surface area contributed by atoms with Gasteiger partial charge in [0, 0.05) is 30.7 Å². The van der Waals surface area contributed by atoms with Crippen LogP contribution in [0, 0.1) is 0 Å². The highest BCUT2D eigenvalue weighted by Crippen LogP contribution is 2.21. The van der Waals surface area contributed by atoms with E-state index in [0.717, 1.165) is 10.2 Å². The molecular weight excluding hydrogens is 282 g/mol. The van der Waals surface area contributed by atoms with Crippen LogP contribution in [-0.4, -0.2) is 31.4 Å². The highest BCUT2D eigenvalue weighted by atomic mass is 79.9. The fraction of sp³-hybridized carbons (Fsp3) is 0.250. The zero-order chi connectivity index (χ0) is 13.0. The fourth-order valence-corrected chi connectivity index (χ4v) is 1.45. The Bertz CT molecular complexity index is 443. The summed E-state index contributed by atoms with van der Waals surface area (Å²) >= 11 is 3.25.